The van der Waals surface area contributed by atoms with Gasteiger partial charge in [-0.3, -0.25) is 14.4 Å². The number of carbonyl (C=O) groups is 3. The lowest BCUT2D eigenvalue weighted by atomic mass is 9.95. The van der Waals surface area contributed by atoms with E-state index in [2.05, 4.69) is 17.2 Å². The van der Waals surface area contributed by atoms with Gasteiger partial charge in [0.15, 0.2) is 0 Å². The summed E-state index contributed by atoms with van der Waals surface area (Å²) in [5, 5.41) is 5.64. The number of hydrogen-bond donors (Lipinski definition) is 2. The van der Waals surface area contributed by atoms with Crippen molar-refractivity contribution in [3.8, 4) is 0 Å². The van der Waals surface area contributed by atoms with E-state index < -0.39 is 5.54 Å². The summed E-state index contributed by atoms with van der Waals surface area (Å²) in [4.78, 5) is 37.8. The predicted molar refractivity (Wildman–Crippen MR) is 95.8 cm³/mol. The molecule has 0 heterocycles. The summed E-state index contributed by atoms with van der Waals surface area (Å²) >= 11 is 0. The maximum absolute atomic E-state index is 12.6. The van der Waals surface area contributed by atoms with Crippen LogP contribution in [-0.4, -0.2) is 42.3 Å². The minimum atomic E-state index is -0.794. The van der Waals surface area contributed by atoms with Crippen LogP contribution in [0.15, 0.2) is 36.9 Å². The molecule has 2 N–H and O–H groups in total. The van der Waals surface area contributed by atoms with Gasteiger partial charge in [0, 0.05) is 26.2 Å². The van der Waals surface area contributed by atoms with Crippen LogP contribution < -0.4 is 10.6 Å². The molecule has 1 aromatic carbocycles. The van der Waals surface area contributed by atoms with E-state index in [1.165, 1.54) is 11.0 Å². The van der Waals surface area contributed by atoms with Gasteiger partial charge >= 0.3 is 0 Å². The number of nitrogens with zero attached hydrogens (tertiary/aromatic N) is 1. The molecule has 6 heteroatoms. The predicted octanol–water partition coefficient (Wildman–Crippen LogP) is 1.62. The van der Waals surface area contributed by atoms with Crippen LogP contribution in [0.4, 0.5) is 0 Å². The summed E-state index contributed by atoms with van der Waals surface area (Å²) in [7, 11) is 3.42. The molecule has 1 aromatic rings. The lowest BCUT2D eigenvalue weighted by Gasteiger charge is -2.31. The van der Waals surface area contributed by atoms with Crippen molar-refractivity contribution in [2.75, 3.05) is 14.1 Å². The topological polar surface area (TPSA) is 78.5 Å². The van der Waals surface area contributed by atoms with Crippen molar-refractivity contribution >= 4 is 17.7 Å². The monoisotopic (exact) mass is 343 g/mol. The Morgan fingerprint density at radius 2 is 1.76 bits per heavy atom. The highest BCUT2D eigenvalue weighted by molar-refractivity contribution is 5.99. The summed E-state index contributed by atoms with van der Waals surface area (Å²) in [6, 6.07) is 6.97. The van der Waals surface area contributed by atoms with Gasteiger partial charge in [-0.25, -0.2) is 0 Å². The van der Waals surface area contributed by atoms with Crippen LogP contribution in [0.2, 0.25) is 0 Å². The zero-order valence-electron chi connectivity index (χ0n) is 14.8. The van der Waals surface area contributed by atoms with Crippen molar-refractivity contribution in [2.45, 2.75) is 37.8 Å². The van der Waals surface area contributed by atoms with Crippen LogP contribution in [0.1, 0.15) is 41.6 Å². The third-order valence-corrected chi connectivity index (χ3v) is 4.49. The second-order valence-corrected chi connectivity index (χ2v) is 6.56. The smallest absolute Gasteiger partial charge is 0.252 e. The van der Waals surface area contributed by atoms with Crippen molar-refractivity contribution in [3.63, 3.8) is 0 Å². The quantitative estimate of drug-likeness (QED) is 0.771. The van der Waals surface area contributed by atoms with Gasteiger partial charge in [0.05, 0.1) is 0 Å². The van der Waals surface area contributed by atoms with Gasteiger partial charge in [0.1, 0.15) is 5.54 Å². The second-order valence-electron chi connectivity index (χ2n) is 6.56. The Hall–Kier alpha value is -2.63. The van der Waals surface area contributed by atoms with E-state index in [0.717, 1.165) is 18.4 Å². The van der Waals surface area contributed by atoms with Gasteiger partial charge in [0.25, 0.3) is 5.91 Å². The number of carbonyl (C=O) groups excluding carboxylic acids is 3. The van der Waals surface area contributed by atoms with E-state index in [4.69, 9.17) is 0 Å². The highest BCUT2D eigenvalue weighted by Gasteiger charge is 2.43. The minimum Gasteiger partial charge on any atom is -0.348 e. The highest BCUT2D eigenvalue weighted by atomic mass is 16.2. The summed E-state index contributed by atoms with van der Waals surface area (Å²) in [5.41, 5.74) is 0.584. The van der Waals surface area contributed by atoms with Crippen molar-refractivity contribution < 1.29 is 14.4 Å². The summed E-state index contributed by atoms with van der Waals surface area (Å²) < 4.78 is 0. The molecule has 0 aliphatic heterocycles. The maximum atomic E-state index is 12.6. The van der Waals surface area contributed by atoms with Gasteiger partial charge in [-0.1, -0.05) is 31.6 Å². The molecule has 1 saturated carbocycles. The summed E-state index contributed by atoms with van der Waals surface area (Å²) in [6.45, 7) is 3.77. The molecule has 25 heavy (non-hydrogen) atoms. The van der Waals surface area contributed by atoms with Gasteiger partial charge in [0.2, 0.25) is 11.8 Å². The fraction of sp³-hybridized carbons (Fsp3) is 0.421. The Morgan fingerprint density at radius 3 is 2.28 bits per heavy atom. The van der Waals surface area contributed by atoms with Gasteiger partial charge in [-0.05, 0) is 36.6 Å². The van der Waals surface area contributed by atoms with Gasteiger partial charge in [-0.15, -0.1) is 0 Å². The number of likely N-dealkylation sites (N-methyl/N-ethyl adjacent to an activating group) is 1. The van der Waals surface area contributed by atoms with E-state index in [0.29, 0.717) is 24.9 Å². The molecule has 0 aromatic heterocycles. The fourth-order valence-corrected chi connectivity index (χ4v) is 3.12. The zero-order valence-corrected chi connectivity index (χ0v) is 14.8. The largest absolute Gasteiger partial charge is 0.348 e. The Labute approximate surface area is 148 Å². The molecule has 2 rings (SSSR count). The maximum Gasteiger partial charge on any atom is 0.252 e. The van der Waals surface area contributed by atoms with Crippen LogP contribution in [0, 0.1) is 0 Å². The molecule has 6 nitrogen and oxygen atoms in total. The number of nitrogens with one attached hydrogen (secondary N) is 2. The molecule has 134 valence electrons. The average molecular weight is 343 g/mol. The molecule has 0 saturated heterocycles. The number of rotatable bonds is 6. The zero-order chi connectivity index (χ0) is 18.4. The molecular weight excluding hydrogens is 318 g/mol. The van der Waals surface area contributed by atoms with E-state index in [1.54, 1.807) is 38.4 Å². The first kappa shape index (κ1) is 18.7. The number of hydrogen-bond acceptors (Lipinski definition) is 3. The van der Waals surface area contributed by atoms with Crippen molar-refractivity contribution in [1.29, 1.82) is 0 Å². The van der Waals surface area contributed by atoms with Crippen LogP contribution >= 0.6 is 0 Å². The van der Waals surface area contributed by atoms with Crippen molar-refractivity contribution in [1.82, 2.24) is 15.5 Å². The first-order valence-corrected chi connectivity index (χ1v) is 8.41. The first-order chi connectivity index (χ1) is 11.9. The summed E-state index contributed by atoms with van der Waals surface area (Å²) in [5.74, 6) is -0.548. The van der Waals surface area contributed by atoms with Crippen LogP contribution in [-0.2, 0) is 16.1 Å². The normalized spacial score (nSPS) is 15.3. The Balaban J connectivity index is 2.05. The minimum absolute atomic E-state index is 0.0536. The Morgan fingerprint density at radius 1 is 1.16 bits per heavy atom. The lowest BCUT2D eigenvalue weighted by molar-refractivity contribution is -0.135. The third kappa shape index (κ3) is 4.47. The second kappa shape index (κ2) is 7.96. The highest BCUT2D eigenvalue weighted by Crippen LogP contribution is 2.31. The van der Waals surface area contributed by atoms with Crippen molar-refractivity contribution in [3.05, 3.63) is 48.0 Å². The standard InChI is InChI=1S/C19H25N3O3/c1-4-16(23)20-13-14-7-9-15(10-8-14)17(24)21-19(11-5-6-12-19)18(25)22(2)3/h4,7-10H,1,5-6,11-13H2,2-3H3,(H,20,23)(H,21,24). The molecule has 0 atom stereocenters. The van der Waals surface area contributed by atoms with Gasteiger partial charge < -0.3 is 15.5 Å². The number of amides is 3. The van der Waals surface area contributed by atoms with E-state index in [9.17, 15) is 14.4 Å². The number of benzene rings is 1. The lowest BCUT2D eigenvalue weighted by Crippen LogP contribution is -2.56. The SMILES string of the molecule is C=CC(=O)NCc1ccc(C(=O)NC2(C(=O)N(C)C)CCCC2)cc1. The third-order valence-electron chi connectivity index (χ3n) is 4.49. The molecule has 0 bridgehead atoms. The van der Waals surface area contributed by atoms with Crippen LogP contribution in [0.3, 0.4) is 0 Å². The molecule has 1 aliphatic carbocycles. The molecule has 3 amide bonds. The Kier molecular flexibility index (Phi) is 5.96. The molecule has 1 fully saturated rings. The average Bonchev–Trinajstić information content (AvgIpc) is 3.08. The van der Waals surface area contributed by atoms with E-state index in [1.807, 2.05) is 0 Å². The van der Waals surface area contributed by atoms with Crippen LogP contribution in [0.25, 0.3) is 0 Å². The molecule has 0 radical (unpaired) electrons. The fourth-order valence-electron chi connectivity index (χ4n) is 3.12. The molecular formula is C19H25N3O3. The molecule has 0 unspecified atom stereocenters. The van der Waals surface area contributed by atoms with E-state index >= 15 is 0 Å². The van der Waals surface area contributed by atoms with Gasteiger partial charge in [-0.2, -0.15) is 0 Å². The summed E-state index contributed by atoms with van der Waals surface area (Å²) in [6.07, 6.45) is 4.41. The molecule has 1 aliphatic rings. The van der Waals surface area contributed by atoms with Crippen LogP contribution in [0.5, 0.6) is 0 Å². The Bertz CT molecular complexity index is 659. The van der Waals surface area contributed by atoms with Crippen molar-refractivity contribution in [2.24, 2.45) is 0 Å². The first-order valence-electron chi connectivity index (χ1n) is 8.41. The van der Waals surface area contributed by atoms with E-state index in [-0.39, 0.29) is 17.7 Å². The molecule has 0 spiro atoms.